The van der Waals surface area contributed by atoms with E-state index in [4.69, 9.17) is 19.2 Å². The van der Waals surface area contributed by atoms with Crippen LogP contribution in [0.15, 0.2) is 54.1 Å². The van der Waals surface area contributed by atoms with Crippen LogP contribution in [0.2, 0.25) is 0 Å². The first-order valence-corrected chi connectivity index (χ1v) is 9.99. The number of benzene rings is 2. The smallest absolute Gasteiger partial charge is 0.348 e. The van der Waals surface area contributed by atoms with E-state index in [0.717, 1.165) is 33.2 Å². The normalized spacial score (nSPS) is 10.9. The van der Waals surface area contributed by atoms with Gasteiger partial charge in [-0.2, -0.15) is 5.26 Å². The van der Waals surface area contributed by atoms with Gasteiger partial charge in [0.2, 0.25) is 0 Å². The topological polar surface area (TPSA) is 81.4 Å². The molecule has 7 heteroatoms. The van der Waals surface area contributed by atoms with E-state index in [0.29, 0.717) is 5.01 Å². The van der Waals surface area contributed by atoms with Crippen LogP contribution in [0.5, 0.6) is 11.5 Å². The van der Waals surface area contributed by atoms with Crippen molar-refractivity contribution in [3.8, 4) is 39.3 Å². The lowest BCUT2D eigenvalue weighted by Crippen LogP contribution is -2.05. The molecule has 0 atom stereocenters. The third-order valence-corrected chi connectivity index (χ3v) is 5.29. The quantitative estimate of drug-likeness (QED) is 0.305. The zero-order valence-electron chi connectivity index (χ0n) is 16.8. The number of esters is 1. The van der Waals surface area contributed by atoms with Gasteiger partial charge in [-0.1, -0.05) is 0 Å². The van der Waals surface area contributed by atoms with Crippen molar-refractivity contribution in [2.45, 2.75) is 6.92 Å². The van der Waals surface area contributed by atoms with Gasteiger partial charge in [0.05, 0.1) is 31.4 Å². The molecule has 0 aliphatic carbocycles. The molecule has 0 spiro atoms. The lowest BCUT2D eigenvalue weighted by Gasteiger charge is -2.05. The summed E-state index contributed by atoms with van der Waals surface area (Å²) in [6.07, 6.45) is 1.46. The molecule has 3 rings (SSSR count). The first kappa shape index (κ1) is 21.1. The highest BCUT2D eigenvalue weighted by atomic mass is 32.1. The van der Waals surface area contributed by atoms with Crippen molar-refractivity contribution >= 4 is 23.4 Å². The second-order valence-electron chi connectivity index (χ2n) is 6.08. The van der Waals surface area contributed by atoms with Crippen LogP contribution in [-0.4, -0.2) is 31.8 Å². The summed E-state index contributed by atoms with van der Waals surface area (Å²) >= 11 is 1.39. The average Bonchev–Trinajstić information content (AvgIpc) is 3.21. The molecule has 0 saturated carbocycles. The fourth-order valence-electron chi connectivity index (χ4n) is 2.75. The van der Waals surface area contributed by atoms with Crippen LogP contribution < -0.4 is 9.47 Å². The number of thiazole rings is 1. The number of nitriles is 1. The standard InChI is InChI=1S/C23H20N2O4S/c1-4-29-23(26)17(14-24)13-20-25-21(15-5-9-18(27-2)10-6-15)22(30-20)16-7-11-19(28-3)12-8-16/h5-13H,4H2,1-3H3/b17-13+. The molecule has 0 amide bonds. The Balaban J connectivity index is 2.10. The molecule has 0 fully saturated rings. The molecule has 0 aliphatic rings. The molecule has 3 aromatic rings. The van der Waals surface area contributed by atoms with Crippen LogP contribution in [-0.2, 0) is 9.53 Å². The maximum atomic E-state index is 12.0. The molecule has 0 saturated heterocycles. The van der Waals surface area contributed by atoms with E-state index in [1.807, 2.05) is 54.6 Å². The number of nitrogens with zero attached hydrogens (tertiary/aromatic N) is 2. The van der Waals surface area contributed by atoms with Gasteiger partial charge in [0.25, 0.3) is 0 Å². The van der Waals surface area contributed by atoms with Crippen LogP contribution in [0.4, 0.5) is 0 Å². The fourth-order valence-corrected chi connectivity index (χ4v) is 3.79. The van der Waals surface area contributed by atoms with Crippen molar-refractivity contribution in [3.63, 3.8) is 0 Å². The number of rotatable bonds is 7. The number of aromatic nitrogens is 1. The summed E-state index contributed by atoms with van der Waals surface area (Å²) in [5.74, 6) is 0.838. The van der Waals surface area contributed by atoms with Crippen LogP contribution in [0.1, 0.15) is 11.9 Å². The minimum Gasteiger partial charge on any atom is -0.497 e. The molecule has 152 valence electrons. The second-order valence-corrected chi connectivity index (χ2v) is 7.11. The lowest BCUT2D eigenvalue weighted by atomic mass is 10.1. The Morgan fingerprint density at radius 3 is 2.10 bits per heavy atom. The monoisotopic (exact) mass is 420 g/mol. The molecule has 0 bridgehead atoms. The summed E-state index contributed by atoms with van der Waals surface area (Å²) in [6.45, 7) is 1.89. The molecule has 0 aliphatic heterocycles. The van der Waals surface area contributed by atoms with Gasteiger partial charge in [-0.05, 0) is 67.1 Å². The second kappa shape index (κ2) is 9.72. The van der Waals surface area contributed by atoms with E-state index in [9.17, 15) is 10.1 Å². The maximum absolute atomic E-state index is 12.0. The third kappa shape index (κ3) is 4.67. The van der Waals surface area contributed by atoms with Crippen LogP contribution in [0.3, 0.4) is 0 Å². The Morgan fingerprint density at radius 2 is 1.60 bits per heavy atom. The summed E-state index contributed by atoms with van der Waals surface area (Å²) in [5.41, 5.74) is 2.51. The van der Waals surface area contributed by atoms with E-state index >= 15 is 0 Å². The van der Waals surface area contributed by atoms with Gasteiger partial charge >= 0.3 is 5.97 Å². The highest BCUT2D eigenvalue weighted by Crippen LogP contribution is 2.38. The predicted octanol–water partition coefficient (Wildman–Crippen LogP) is 4.96. The number of hydrogen-bond acceptors (Lipinski definition) is 7. The van der Waals surface area contributed by atoms with Gasteiger partial charge < -0.3 is 14.2 Å². The van der Waals surface area contributed by atoms with E-state index < -0.39 is 5.97 Å². The summed E-state index contributed by atoms with van der Waals surface area (Å²) < 4.78 is 15.4. The zero-order valence-corrected chi connectivity index (χ0v) is 17.7. The molecular weight excluding hydrogens is 400 g/mol. The Labute approximate surface area is 179 Å². The number of carbonyl (C=O) groups excluding carboxylic acids is 1. The van der Waals surface area contributed by atoms with Crippen molar-refractivity contribution in [3.05, 3.63) is 59.1 Å². The highest BCUT2D eigenvalue weighted by Gasteiger charge is 2.17. The Kier molecular flexibility index (Phi) is 6.83. The van der Waals surface area contributed by atoms with Gasteiger partial charge in [0.15, 0.2) is 0 Å². The van der Waals surface area contributed by atoms with E-state index in [2.05, 4.69) is 0 Å². The van der Waals surface area contributed by atoms with Crippen LogP contribution in [0, 0.1) is 11.3 Å². The number of carbonyl (C=O) groups is 1. The minimum atomic E-state index is -0.660. The molecule has 30 heavy (non-hydrogen) atoms. The molecule has 1 heterocycles. The van der Waals surface area contributed by atoms with Crippen molar-refractivity contribution in [2.24, 2.45) is 0 Å². The molecule has 0 unspecified atom stereocenters. The minimum absolute atomic E-state index is 0.0897. The molecule has 6 nitrogen and oxygen atoms in total. The SMILES string of the molecule is CCOC(=O)/C(C#N)=C/c1nc(-c2ccc(OC)cc2)c(-c2ccc(OC)cc2)s1. The first-order valence-electron chi connectivity index (χ1n) is 9.18. The van der Waals surface area contributed by atoms with Crippen LogP contribution >= 0.6 is 11.3 Å². The molecule has 2 aromatic carbocycles. The fraction of sp³-hybridized carbons (Fsp3) is 0.174. The van der Waals surface area contributed by atoms with Gasteiger partial charge in [0, 0.05) is 5.56 Å². The largest absolute Gasteiger partial charge is 0.497 e. The van der Waals surface area contributed by atoms with E-state index in [-0.39, 0.29) is 12.2 Å². The Morgan fingerprint density at radius 1 is 1.03 bits per heavy atom. The van der Waals surface area contributed by atoms with Crippen molar-refractivity contribution in [1.29, 1.82) is 5.26 Å². The maximum Gasteiger partial charge on any atom is 0.348 e. The predicted molar refractivity (Wildman–Crippen MR) is 116 cm³/mol. The highest BCUT2D eigenvalue weighted by molar-refractivity contribution is 7.16. The van der Waals surface area contributed by atoms with Gasteiger partial charge in [0.1, 0.15) is 28.1 Å². The zero-order chi connectivity index (χ0) is 21.5. The summed E-state index contributed by atoms with van der Waals surface area (Å²) in [7, 11) is 3.23. The van der Waals surface area contributed by atoms with Crippen molar-refractivity contribution < 1.29 is 19.0 Å². The van der Waals surface area contributed by atoms with Gasteiger partial charge in [-0.15, -0.1) is 11.3 Å². The average molecular weight is 420 g/mol. The van der Waals surface area contributed by atoms with E-state index in [1.165, 1.54) is 17.4 Å². The number of ether oxygens (including phenoxy) is 3. The molecule has 0 N–H and O–H groups in total. The van der Waals surface area contributed by atoms with E-state index in [1.54, 1.807) is 21.1 Å². The third-order valence-electron chi connectivity index (χ3n) is 4.24. The van der Waals surface area contributed by atoms with Gasteiger partial charge in [-0.25, -0.2) is 9.78 Å². The summed E-state index contributed by atoms with van der Waals surface area (Å²) in [5, 5.41) is 9.88. The molecular formula is C23H20N2O4S. The van der Waals surface area contributed by atoms with Crippen molar-refractivity contribution in [2.75, 3.05) is 20.8 Å². The number of hydrogen-bond donors (Lipinski definition) is 0. The summed E-state index contributed by atoms with van der Waals surface area (Å²) in [6, 6.07) is 17.1. The first-order chi connectivity index (χ1) is 14.6. The number of methoxy groups -OCH3 is 2. The Bertz CT molecular complexity index is 1030. The van der Waals surface area contributed by atoms with Crippen LogP contribution in [0.25, 0.3) is 27.8 Å². The summed E-state index contributed by atoms with van der Waals surface area (Å²) in [4.78, 5) is 17.6. The lowest BCUT2D eigenvalue weighted by molar-refractivity contribution is -0.137. The molecule has 1 aromatic heterocycles. The Hall–Kier alpha value is -3.63. The van der Waals surface area contributed by atoms with Crippen molar-refractivity contribution in [1.82, 2.24) is 4.98 Å². The molecule has 0 radical (unpaired) electrons. The van der Waals surface area contributed by atoms with Gasteiger partial charge in [-0.3, -0.25) is 0 Å².